The summed E-state index contributed by atoms with van der Waals surface area (Å²) in [6, 6.07) is 0. The van der Waals surface area contributed by atoms with Crippen LogP contribution in [0.5, 0.6) is 0 Å². The Labute approximate surface area is 98.4 Å². The molecule has 0 aromatic heterocycles. The highest BCUT2D eigenvalue weighted by molar-refractivity contribution is 5.77. The van der Waals surface area contributed by atoms with E-state index in [1.807, 2.05) is 27.7 Å². The molecule has 0 aromatic carbocycles. The van der Waals surface area contributed by atoms with E-state index in [4.69, 9.17) is 4.74 Å². The van der Waals surface area contributed by atoms with Crippen molar-refractivity contribution in [3.8, 4) is 0 Å². The molecule has 96 valence electrons. The topological polar surface area (TPSA) is 58.6 Å². The predicted molar refractivity (Wildman–Crippen MR) is 64.2 cm³/mol. The van der Waals surface area contributed by atoms with Crippen LogP contribution in [0.25, 0.3) is 0 Å². The van der Waals surface area contributed by atoms with E-state index in [0.717, 1.165) is 0 Å². The third-order valence-electron chi connectivity index (χ3n) is 2.06. The zero-order chi connectivity index (χ0) is 12.8. The van der Waals surface area contributed by atoms with Crippen molar-refractivity contribution in [2.45, 2.75) is 52.7 Å². The van der Waals surface area contributed by atoms with Gasteiger partial charge in [-0.2, -0.15) is 0 Å². The van der Waals surface area contributed by atoms with Crippen LogP contribution in [0, 0.1) is 5.92 Å². The molecule has 0 aliphatic carbocycles. The number of nitrogens with one attached hydrogen (secondary N) is 1. The van der Waals surface area contributed by atoms with Gasteiger partial charge in [0.05, 0.1) is 11.7 Å². The standard InChI is InChI=1S/C12H25NO3/c1-9(2)6-12(5,15)8-13-11(14)7-16-10(3)4/h9-10,15H,6-8H2,1-5H3,(H,13,14). The molecular formula is C12H25NO3. The number of carbonyl (C=O) groups is 1. The molecule has 0 aliphatic rings. The normalized spacial score (nSPS) is 15.2. The SMILES string of the molecule is CC(C)CC(C)(O)CNC(=O)COC(C)C. The van der Waals surface area contributed by atoms with Crippen LogP contribution < -0.4 is 5.32 Å². The average Bonchev–Trinajstić information content (AvgIpc) is 2.09. The van der Waals surface area contributed by atoms with E-state index in [1.54, 1.807) is 6.92 Å². The minimum Gasteiger partial charge on any atom is -0.388 e. The average molecular weight is 231 g/mol. The lowest BCUT2D eigenvalue weighted by Crippen LogP contribution is -2.42. The van der Waals surface area contributed by atoms with Gasteiger partial charge in [-0.05, 0) is 33.1 Å². The molecule has 0 bridgehead atoms. The van der Waals surface area contributed by atoms with Crippen LogP contribution >= 0.6 is 0 Å². The Kier molecular flexibility index (Phi) is 6.60. The van der Waals surface area contributed by atoms with E-state index in [9.17, 15) is 9.90 Å². The van der Waals surface area contributed by atoms with Crippen molar-refractivity contribution in [3.63, 3.8) is 0 Å². The molecule has 0 aliphatic heterocycles. The van der Waals surface area contributed by atoms with Crippen LogP contribution in [0.2, 0.25) is 0 Å². The zero-order valence-corrected chi connectivity index (χ0v) is 11.0. The highest BCUT2D eigenvalue weighted by Crippen LogP contribution is 2.14. The van der Waals surface area contributed by atoms with E-state index in [-0.39, 0.29) is 25.2 Å². The highest BCUT2D eigenvalue weighted by atomic mass is 16.5. The number of carbonyl (C=O) groups excluding carboxylic acids is 1. The van der Waals surface area contributed by atoms with E-state index < -0.39 is 5.60 Å². The first-order chi connectivity index (χ1) is 7.23. The Bertz CT molecular complexity index is 212. The molecule has 2 N–H and O–H groups in total. The van der Waals surface area contributed by atoms with Crippen LogP contribution in [-0.2, 0) is 9.53 Å². The Balaban J connectivity index is 3.81. The van der Waals surface area contributed by atoms with Gasteiger partial charge in [0.15, 0.2) is 0 Å². The lowest BCUT2D eigenvalue weighted by Gasteiger charge is -2.25. The second kappa shape index (κ2) is 6.86. The summed E-state index contributed by atoms with van der Waals surface area (Å²) < 4.78 is 5.16. The van der Waals surface area contributed by atoms with Crippen molar-refractivity contribution in [2.75, 3.05) is 13.2 Å². The summed E-state index contributed by atoms with van der Waals surface area (Å²) >= 11 is 0. The van der Waals surface area contributed by atoms with E-state index in [1.165, 1.54) is 0 Å². The molecule has 0 saturated heterocycles. The van der Waals surface area contributed by atoms with Crippen molar-refractivity contribution < 1.29 is 14.6 Å². The largest absolute Gasteiger partial charge is 0.388 e. The van der Waals surface area contributed by atoms with E-state index >= 15 is 0 Å². The summed E-state index contributed by atoms with van der Waals surface area (Å²) in [5.41, 5.74) is -0.846. The number of amides is 1. The molecule has 0 heterocycles. The van der Waals surface area contributed by atoms with Gasteiger partial charge in [-0.15, -0.1) is 0 Å². The first-order valence-electron chi connectivity index (χ1n) is 5.83. The lowest BCUT2D eigenvalue weighted by atomic mass is 9.94. The summed E-state index contributed by atoms with van der Waals surface area (Å²) in [7, 11) is 0. The number of aliphatic hydroxyl groups is 1. The minimum absolute atomic E-state index is 0.0434. The molecule has 1 atom stereocenters. The number of ether oxygens (including phenoxy) is 1. The summed E-state index contributed by atoms with van der Waals surface area (Å²) in [5.74, 6) is 0.219. The van der Waals surface area contributed by atoms with E-state index in [2.05, 4.69) is 5.32 Å². The predicted octanol–water partition coefficient (Wildman–Crippen LogP) is 1.32. The van der Waals surface area contributed by atoms with Gasteiger partial charge in [-0.3, -0.25) is 4.79 Å². The van der Waals surface area contributed by atoms with Crippen LogP contribution in [0.1, 0.15) is 41.0 Å². The Morgan fingerprint density at radius 2 is 1.94 bits per heavy atom. The van der Waals surface area contributed by atoms with Crippen LogP contribution in [0.4, 0.5) is 0 Å². The van der Waals surface area contributed by atoms with Crippen molar-refractivity contribution >= 4 is 5.91 Å². The zero-order valence-electron chi connectivity index (χ0n) is 11.0. The van der Waals surface area contributed by atoms with Crippen molar-refractivity contribution in [3.05, 3.63) is 0 Å². The summed E-state index contributed by atoms with van der Waals surface area (Å²) in [4.78, 5) is 11.3. The molecule has 16 heavy (non-hydrogen) atoms. The quantitative estimate of drug-likeness (QED) is 0.695. The maximum atomic E-state index is 11.3. The third-order valence-corrected chi connectivity index (χ3v) is 2.06. The smallest absolute Gasteiger partial charge is 0.246 e. The van der Waals surface area contributed by atoms with Crippen LogP contribution in [0.15, 0.2) is 0 Å². The first kappa shape index (κ1) is 15.4. The van der Waals surface area contributed by atoms with Gasteiger partial charge < -0.3 is 15.2 Å². The first-order valence-corrected chi connectivity index (χ1v) is 5.83. The summed E-state index contributed by atoms with van der Waals surface area (Å²) in [5, 5.41) is 12.6. The fourth-order valence-electron chi connectivity index (χ4n) is 1.53. The second-order valence-electron chi connectivity index (χ2n) is 5.23. The van der Waals surface area contributed by atoms with Gasteiger partial charge in [0.1, 0.15) is 6.61 Å². The molecule has 0 rings (SSSR count). The number of rotatable bonds is 7. The molecule has 4 heteroatoms. The van der Waals surface area contributed by atoms with Gasteiger partial charge in [0.2, 0.25) is 5.91 Å². The maximum Gasteiger partial charge on any atom is 0.246 e. The molecule has 0 spiro atoms. The van der Waals surface area contributed by atoms with Gasteiger partial charge in [-0.25, -0.2) is 0 Å². The lowest BCUT2D eigenvalue weighted by molar-refractivity contribution is -0.128. The third kappa shape index (κ3) is 8.68. The van der Waals surface area contributed by atoms with Gasteiger partial charge in [0, 0.05) is 6.54 Å². The van der Waals surface area contributed by atoms with Gasteiger partial charge in [-0.1, -0.05) is 13.8 Å². The molecule has 0 fully saturated rings. The molecule has 0 radical (unpaired) electrons. The van der Waals surface area contributed by atoms with E-state index in [0.29, 0.717) is 12.3 Å². The Morgan fingerprint density at radius 3 is 2.38 bits per heavy atom. The molecule has 1 unspecified atom stereocenters. The van der Waals surface area contributed by atoms with Crippen molar-refractivity contribution in [2.24, 2.45) is 5.92 Å². The van der Waals surface area contributed by atoms with Gasteiger partial charge >= 0.3 is 0 Å². The molecule has 0 aromatic rings. The molecule has 4 nitrogen and oxygen atoms in total. The molecule has 0 saturated carbocycles. The van der Waals surface area contributed by atoms with Gasteiger partial charge in [0.25, 0.3) is 0 Å². The number of hydrogen-bond donors (Lipinski definition) is 2. The maximum absolute atomic E-state index is 11.3. The molecular weight excluding hydrogens is 206 g/mol. The van der Waals surface area contributed by atoms with Crippen molar-refractivity contribution in [1.82, 2.24) is 5.32 Å². The fraction of sp³-hybridized carbons (Fsp3) is 0.917. The number of hydrogen-bond acceptors (Lipinski definition) is 3. The van der Waals surface area contributed by atoms with Crippen LogP contribution in [0.3, 0.4) is 0 Å². The second-order valence-corrected chi connectivity index (χ2v) is 5.23. The Morgan fingerprint density at radius 1 is 1.38 bits per heavy atom. The minimum atomic E-state index is -0.846. The van der Waals surface area contributed by atoms with Crippen molar-refractivity contribution in [1.29, 1.82) is 0 Å². The highest BCUT2D eigenvalue weighted by Gasteiger charge is 2.22. The molecule has 1 amide bonds. The monoisotopic (exact) mass is 231 g/mol. The Hall–Kier alpha value is -0.610. The van der Waals surface area contributed by atoms with Crippen LogP contribution in [-0.4, -0.2) is 35.9 Å². The summed E-state index contributed by atoms with van der Waals surface area (Å²) in [6.45, 7) is 9.89. The summed E-state index contributed by atoms with van der Waals surface area (Å²) in [6.07, 6.45) is 0.708. The fourth-order valence-corrected chi connectivity index (χ4v) is 1.53.